The molecule has 2 heterocycles. The lowest BCUT2D eigenvalue weighted by molar-refractivity contribution is 0.0642. The number of nitrogens with zero attached hydrogens (tertiary/aromatic N) is 2. The summed E-state index contributed by atoms with van der Waals surface area (Å²) in [6, 6.07) is 6.37. The van der Waals surface area contributed by atoms with E-state index in [-0.39, 0.29) is 17.8 Å². The van der Waals surface area contributed by atoms with Gasteiger partial charge in [0.05, 0.1) is 0 Å². The molecule has 0 radical (unpaired) electrons. The molecule has 0 spiro atoms. The fraction of sp³-hybridized carbons (Fsp3) is 0.611. The number of halogens is 1. The molecule has 0 bridgehead atoms. The molecule has 0 N–H and O–H groups in total. The summed E-state index contributed by atoms with van der Waals surface area (Å²) in [6.07, 6.45) is 7.03. The van der Waals surface area contributed by atoms with Crippen LogP contribution < -0.4 is 0 Å². The van der Waals surface area contributed by atoms with Gasteiger partial charge in [0.25, 0.3) is 5.91 Å². The molecule has 1 amide bonds. The normalized spacial score (nSPS) is 23.5. The van der Waals surface area contributed by atoms with Gasteiger partial charge in [0.1, 0.15) is 5.82 Å². The van der Waals surface area contributed by atoms with E-state index in [0.29, 0.717) is 5.56 Å². The largest absolute Gasteiger partial charge is 0.334 e. The Bertz CT molecular complexity index is 514. The lowest BCUT2D eigenvalue weighted by Gasteiger charge is -2.33. The minimum atomic E-state index is -0.336. The minimum absolute atomic E-state index is 0.00871. The third-order valence-electron chi connectivity index (χ3n) is 4.88. The zero-order valence-electron chi connectivity index (χ0n) is 13.1. The van der Waals surface area contributed by atoms with Gasteiger partial charge in [-0.15, -0.1) is 0 Å². The summed E-state index contributed by atoms with van der Waals surface area (Å²) in [5.74, 6) is -0.345. The molecular weight excluding hydrogens is 279 g/mol. The quantitative estimate of drug-likeness (QED) is 0.855. The lowest BCUT2D eigenvalue weighted by Crippen LogP contribution is -2.46. The summed E-state index contributed by atoms with van der Waals surface area (Å²) in [5, 5.41) is 0. The topological polar surface area (TPSA) is 23.6 Å². The highest BCUT2D eigenvalue weighted by Crippen LogP contribution is 2.22. The van der Waals surface area contributed by atoms with Crippen LogP contribution in [0.5, 0.6) is 0 Å². The van der Waals surface area contributed by atoms with Gasteiger partial charge < -0.3 is 9.80 Å². The van der Waals surface area contributed by atoms with Crippen molar-refractivity contribution in [1.29, 1.82) is 0 Å². The molecule has 1 atom stereocenters. The number of carbonyl (C=O) groups is 1. The molecule has 120 valence electrons. The number of likely N-dealkylation sites (tertiary alicyclic amines) is 2. The zero-order valence-corrected chi connectivity index (χ0v) is 13.1. The second kappa shape index (κ2) is 7.23. The smallest absolute Gasteiger partial charge is 0.254 e. The van der Waals surface area contributed by atoms with E-state index < -0.39 is 0 Å². The maximum atomic E-state index is 13.4. The van der Waals surface area contributed by atoms with Crippen molar-refractivity contribution in [3.63, 3.8) is 0 Å². The van der Waals surface area contributed by atoms with E-state index in [2.05, 4.69) is 4.90 Å². The molecule has 22 heavy (non-hydrogen) atoms. The number of benzene rings is 1. The van der Waals surface area contributed by atoms with Crippen LogP contribution in [-0.2, 0) is 0 Å². The van der Waals surface area contributed by atoms with Crippen LogP contribution in [0.15, 0.2) is 24.3 Å². The van der Waals surface area contributed by atoms with Crippen LogP contribution in [0.1, 0.15) is 48.9 Å². The summed E-state index contributed by atoms with van der Waals surface area (Å²) >= 11 is 0. The predicted octanol–water partition coefficient (Wildman–Crippen LogP) is 3.31. The van der Waals surface area contributed by atoms with E-state index >= 15 is 0 Å². The maximum Gasteiger partial charge on any atom is 0.254 e. The van der Waals surface area contributed by atoms with Crippen molar-refractivity contribution in [3.8, 4) is 0 Å². The highest BCUT2D eigenvalue weighted by molar-refractivity contribution is 5.94. The minimum Gasteiger partial charge on any atom is -0.334 e. The van der Waals surface area contributed by atoms with E-state index in [1.165, 1.54) is 37.8 Å². The Balaban J connectivity index is 1.75. The Hall–Kier alpha value is -1.42. The third-order valence-corrected chi connectivity index (χ3v) is 4.88. The first-order valence-corrected chi connectivity index (χ1v) is 8.53. The molecule has 0 aliphatic carbocycles. The molecule has 4 heteroatoms. The Morgan fingerprint density at radius 1 is 1.09 bits per heavy atom. The summed E-state index contributed by atoms with van der Waals surface area (Å²) in [5.41, 5.74) is 0.480. The highest BCUT2D eigenvalue weighted by atomic mass is 19.1. The van der Waals surface area contributed by atoms with Crippen LogP contribution in [0.25, 0.3) is 0 Å². The van der Waals surface area contributed by atoms with E-state index in [9.17, 15) is 9.18 Å². The third kappa shape index (κ3) is 3.67. The summed E-state index contributed by atoms with van der Waals surface area (Å²) in [6.45, 7) is 4.08. The van der Waals surface area contributed by atoms with E-state index in [0.717, 1.165) is 39.0 Å². The van der Waals surface area contributed by atoms with E-state index in [1.807, 2.05) is 4.90 Å². The van der Waals surface area contributed by atoms with Gasteiger partial charge in [-0.3, -0.25) is 4.79 Å². The average molecular weight is 304 g/mol. The van der Waals surface area contributed by atoms with Crippen molar-refractivity contribution < 1.29 is 9.18 Å². The van der Waals surface area contributed by atoms with Crippen molar-refractivity contribution in [2.75, 3.05) is 26.2 Å². The van der Waals surface area contributed by atoms with Gasteiger partial charge in [-0.2, -0.15) is 0 Å². The van der Waals surface area contributed by atoms with Crippen LogP contribution in [0.3, 0.4) is 0 Å². The van der Waals surface area contributed by atoms with Crippen LogP contribution in [0.2, 0.25) is 0 Å². The van der Waals surface area contributed by atoms with Crippen molar-refractivity contribution in [1.82, 2.24) is 9.80 Å². The van der Waals surface area contributed by atoms with Gasteiger partial charge in [0, 0.05) is 24.7 Å². The van der Waals surface area contributed by atoms with Crippen molar-refractivity contribution in [2.24, 2.45) is 0 Å². The van der Waals surface area contributed by atoms with Gasteiger partial charge in [-0.25, -0.2) is 4.39 Å². The average Bonchev–Trinajstić information content (AvgIpc) is 2.92. The Morgan fingerprint density at radius 2 is 1.86 bits per heavy atom. The SMILES string of the molecule is O=C(c1cccc(F)c1)N1CCCCC[C@@H]1CN1CCCC1. The summed E-state index contributed by atoms with van der Waals surface area (Å²) in [4.78, 5) is 17.3. The highest BCUT2D eigenvalue weighted by Gasteiger charge is 2.28. The fourth-order valence-corrected chi connectivity index (χ4v) is 3.69. The van der Waals surface area contributed by atoms with Gasteiger partial charge in [0.15, 0.2) is 0 Å². The molecule has 0 aromatic heterocycles. The van der Waals surface area contributed by atoms with E-state index in [1.54, 1.807) is 12.1 Å². The number of hydrogen-bond donors (Lipinski definition) is 0. The number of amides is 1. The molecule has 1 aromatic carbocycles. The number of rotatable bonds is 3. The van der Waals surface area contributed by atoms with Crippen molar-refractivity contribution in [2.45, 2.75) is 44.6 Å². The summed E-state index contributed by atoms with van der Waals surface area (Å²) < 4.78 is 13.4. The van der Waals surface area contributed by atoms with E-state index in [4.69, 9.17) is 0 Å². The van der Waals surface area contributed by atoms with Crippen molar-refractivity contribution in [3.05, 3.63) is 35.6 Å². The predicted molar refractivity (Wildman–Crippen MR) is 85.4 cm³/mol. The molecule has 3 nitrogen and oxygen atoms in total. The molecule has 2 aliphatic rings. The standard InChI is InChI=1S/C18H25FN2O/c19-16-8-6-7-15(13-16)18(22)21-12-3-1-2-9-17(21)14-20-10-4-5-11-20/h6-8,13,17H,1-5,9-12,14H2/t17-/m1/s1. The second-order valence-corrected chi connectivity index (χ2v) is 6.52. The number of hydrogen-bond acceptors (Lipinski definition) is 2. The molecule has 0 saturated carbocycles. The Morgan fingerprint density at radius 3 is 2.64 bits per heavy atom. The molecule has 2 aliphatic heterocycles. The molecule has 2 fully saturated rings. The Kier molecular flexibility index (Phi) is 5.08. The van der Waals surface area contributed by atoms with Crippen LogP contribution in [0, 0.1) is 5.82 Å². The summed E-state index contributed by atoms with van der Waals surface area (Å²) in [7, 11) is 0. The zero-order chi connectivity index (χ0) is 15.4. The first-order valence-electron chi connectivity index (χ1n) is 8.53. The molecular formula is C18H25FN2O. The van der Waals surface area contributed by atoms with Crippen LogP contribution in [-0.4, -0.2) is 47.9 Å². The lowest BCUT2D eigenvalue weighted by atomic mass is 10.1. The van der Waals surface area contributed by atoms with Gasteiger partial charge in [-0.05, 0) is 57.0 Å². The van der Waals surface area contributed by atoms with Gasteiger partial charge >= 0.3 is 0 Å². The number of carbonyl (C=O) groups excluding carboxylic acids is 1. The Labute approximate surface area is 132 Å². The molecule has 3 rings (SSSR count). The molecule has 1 aromatic rings. The second-order valence-electron chi connectivity index (χ2n) is 6.52. The van der Waals surface area contributed by atoms with Gasteiger partial charge in [0.2, 0.25) is 0 Å². The van der Waals surface area contributed by atoms with Crippen LogP contribution >= 0.6 is 0 Å². The van der Waals surface area contributed by atoms with Crippen molar-refractivity contribution >= 4 is 5.91 Å². The maximum absolute atomic E-state index is 13.4. The molecule has 0 unspecified atom stereocenters. The molecule has 2 saturated heterocycles. The fourth-order valence-electron chi connectivity index (χ4n) is 3.69. The first kappa shape index (κ1) is 15.5. The van der Waals surface area contributed by atoms with Crippen LogP contribution in [0.4, 0.5) is 4.39 Å². The first-order chi connectivity index (χ1) is 10.7. The monoisotopic (exact) mass is 304 g/mol. The van der Waals surface area contributed by atoms with Gasteiger partial charge in [-0.1, -0.05) is 18.9 Å².